The molecule has 1 atom stereocenters. The summed E-state index contributed by atoms with van der Waals surface area (Å²) in [5, 5.41) is 19.0. The maximum Gasteiger partial charge on any atom is 0.256 e. The van der Waals surface area contributed by atoms with Crippen LogP contribution in [-0.2, 0) is 12.0 Å². The van der Waals surface area contributed by atoms with E-state index in [-0.39, 0.29) is 23.3 Å². The smallest absolute Gasteiger partial charge is 0.256 e. The van der Waals surface area contributed by atoms with Crippen molar-refractivity contribution in [1.82, 2.24) is 25.2 Å². The third-order valence-corrected chi connectivity index (χ3v) is 6.11. The number of benzene rings is 1. The van der Waals surface area contributed by atoms with Gasteiger partial charge in [0.1, 0.15) is 11.4 Å². The molecule has 37 heavy (non-hydrogen) atoms. The molecule has 1 unspecified atom stereocenters. The fourth-order valence-corrected chi connectivity index (χ4v) is 4.26. The number of carbonyl (C=O) groups is 1. The van der Waals surface area contributed by atoms with Crippen LogP contribution in [0.1, 0.15) is 67.7 Å². The molecule has 1 aliphatic rings. The number of likely N-dealkylation sites (N-methyl/N-ethyl adjacent to an activating group) is 1. The maximum atomic E-state index is 12.9. The number of anilines is 4. The van der Waals surface area contributed by atoms with Gasteiger partial charge < -0.3 is 20.9 Å². The van der Waals surface area contributed by atoms with Crippen LogP contribution in [0.4, 0.5) is 23.1 Å². The zero-order chi connectivity index (χ0) is 26.7. The van der Waals surface area contributed by atoms with Crippen molar-refractivity contribution in [3.8, 4) is 6.07 Å². The van der Waals surface area contributed by atoms with Gasteiger partial charge in [-0.05, 0) is 56.3 Å². The average Bonchev–Trinajstić information content (AvgIpc) is 2.82. The first-order chi connectivity index (χ1) is 17.5. The van der Waals surface area contributed by atoms with E-state index in [9.17, 15) is 10.1 Å². The van der Waals surface area contributed by atoms with E-state index in [2.05, 4.69) is 62.6 Å². The molecule has 9 heteroatoms. The fraction of sp³-hybridized carbons (Fsp3) is 0.393. The van der Waals surface area contributed by atoms with E-state index in [0.29, 0.717) is 17.3 Å². The summed E-state index contributed by atoms with van der Waals surface area (Å²) >= 11 is 0. The van der Waals surface area contributed by atoms with Crippen LogP contribution in [-0.4, -0.2) is 45.4 Å². The van der Waals surface area contributed by atoms with E-state index in [1.807, 2.05) is 51.2 Å². The number of nitrogens with one attached hydrogen (secondary N) is 3. The summed E-state index contributed by atoms with van der Waals surface area (Å²) in [5.41, 5.74) is 4.90. The summed E-state index contributed by atoms with van der Waals surface area (Å²) in [6.07, 6.45) is 3.27. The Morgan fingerprint density at radius 1 is 1.14 bits per heavy atom. The first-order valence-corrected chi connectivity index (χ1v) is 12.4. The Hall–Kier alpha value is -4.03. The van der Waals surface area contributed by atoms with Crippen LogP contribution in [0.15, 0.2) is 42.7 Å². The van der Waals surface area contributed by atoms with Gasteiger partial charge in [-0.25, -0.2) is 4.98 Å². The summed E-state index contributed by atoms with van der Waals surface area (Å²) in [5.74, 6) is 0.346. The van der Waals surface area contributed by atoms with Crippen molar-refractivity contribution in [2.45, 2.75) is 58.5 Å². The number of aromatic nitrogens is 3. The highest BCUT2D eigenvalue weighted by atomic mass is 16.1. The summed E-state index contributed by atoms with van der Waals surface area (Å²) in [7, 11) is 2.01. The number of nitrogens with zero attached hydrogens (tertiary/aromatic N) is 5. The molecule has 3 N–H and O–H groups in total. The first kappa shape index (κ1) is 26.0. The summed E-state index contributed by atoms with van der Waals surface area (Å²) < 4.78 is 0. The minimum absolute atomic E-state index is 0.0302. The van der Waals surface area contributed by atoms with E-state index in [1.54, 1.807) is 6.20 Å². The van der Waals surface area contributed by atoms with E-state index in [4.69, 9.17) is 0 Å². The SMILES string of the molecule is CC(C)NC(=O)c1cnc(Nc2ccc3c(c2)CN(C)CC3C#N)nc1Nc1ccnc(C(C)(C)C)c1. The lowest BCUT2D eigenvalue weighted by molar-refractivity contribution is 0.0943. The number of fused-ring (bicyclic) bond motifs is 1. The molecule has 0 radical (unpaired) electrons. The number of nitriles is 1. The zero-order valence-electron chi connectivity index (χ0n) is 22.3. The molecule has 3 aromatic rings. The molecule has 1 aliphatic heterocycles. The van der Waals surface area contributed by atoms with Crippen molar-refractivity contribution in [1.29, 1.82) is 5.26 Å². The van der Waals surface area contributed by atoms with Gasteiger partial charge in [-0.2, -0.15) is 10.2 Å². The number of amides is 1. The standard InChI is InChI=1S/C28H34N8O/c1-17(2)32-26(37)23-14-31-27(35-25(23)33-21-9-10-30-24(12-21)28(3,4)5)34-20-7-8-22-18(11-20)15-36(6)16-19(22)13-29/h7-12,14,17,19H,15-16H2,1-6H3,(H,32,37)(H2,30,31,33,34,35). The molecule has 192 valence electrons. The van der Waals surface area contributed by atoms with Crippen LogP contribution in [0, 0.1) is 11.3 Å². The lowest BCUT2D eigenvalue weighted by Gasteiger charge is -2.29. The Labute approximate surface area is 218 Å². The quantitative estimate of drug-likeness (QED) is 0.441. The fourth-order valence-electron chi connectivity index (χ4n) is 4.26. The van der Waals surface area contributed by atoms with Gasteiger partial charge in [0.15, 0.2) is 0 Å². The van der Waals surface area contributed by atoms with Gasteiger partial charge in [-0.15, -0.1) is 0 Å². The highest BCUT2D eigenvalue weighted by Gasteiger charge is 2.24. The topological polar surface area (TPSA) is 119 Å². The van der Waals surface area contributed by atoms with Crippen LogP contribution < -0.4 is 16.0 Å². The van der Waals surface area contributed by atoms with Crippen LogP contribution in [0.2, 0.25) is 0 Å². The van der Waals surface area contributed by atoms with Gasteiger partial charge in [0.05, 0.1) is 12.0 Å². The molecular formula is C28H34N8O. The Bertz CT molecular complexity index is 1340. The summed E-state index contributed by atoms with van der Waals surface area (Å²) in [6.45, 7) is 11.6. The normalized spacial score (nSPS) is 15.6. The van der Waals surface area contributed by atoms with Crippen molar-refractivity contribution in [3.63, 3.8) is 0 Å². The third-order valence-electron chi connectivity index (χ3n) is 6.11. The van der Waals surface area contributed by atoms with Crippen molar-refractivity contribution in [2.75, 3.05) is 24.2 Å². The predicted molar refractivity (Wildman–Crippen MR) is 145 cm³/mol. The summed E-state index contributed by atoms with van der Waals surface area (Å²) in [4.78, 5) is 28.6. The minimum Gasteiger partial charge on any atom is -0.350 e. The van der Waals surface area contributed by atoms with Gasteiger partial charge in [0, 0.05) is 54.0 Å². The highest BCUT2D eigenvalue weighted by Crippen LogP contribution is 2.31. The number of pyridine rings is 1. The van der Waals surface area contributed by atoms with Gasteiger partial charge in [-0.1, -0.05) is 26.8 Å². The molecule has 0 saturated heterocycles. The van der Waals surface area contributed by atoms with Gasteiger partial charge in [-0.3, -0.25) is 9.78 Å². The second-order valence-electron chi connectivity index (χ2n) is 10.8. The molecule has 3 heterocycles. The van der Waals surface area contributed by atoms with Crippen molar-refractivity contribution in [3.05, 3.63) is 65.1 Å². The van der Waals surface area contributed by atoms with E-state index in [0.717, 1.165) is 41.3 Å². The molecule has 1 aromatic carbocycles. The van der Waals surface area contributed by atoms with Crippen LogP contribution >= 0.6 is 0 Å². The Morgan fingerprint density at radius 2 is 1.89 bits per heavy atom. The number of hydrogen-bond donors (Lipinski definition) is 3. The Kier molecular flexibility index (Phi) is 7.41. The number of carbonyl (C=O) groups excluding carboxylic acids is 1. The molecule has 1 amide bonds. The van der Waals surface area contributed by atoms with E-state index < -0.39 is 0 Å². The summed E-state index contributed by atoms with van der Waals surface area (Å²) in [6, 6.07) is 12.1. The molecule has 0 spiro atoms. The molecule has 0 bridgehead atoms. The first-order valence-electron chi connectivity index (χ1n) is 12.4. The van der Waals surface area contributed by atoms with Crippen molar-refractivity contribution in [2.24, 2.45) is 0 Å². The van der Waals surface area contributed by atoms with E-state index in [1.165, 1.54) is 6.20 Å². The number of hydrogen-bond acceptors (Lipinski definition) is 8. The minimum atomic E-state index is -0.256. The molecule has 0 aliphatic carbocycles. The van der Waals surface area contributed by atoms with Crippen LogP contribution in [0.3, 0.4) is 0 Å². The molecule has 9 nitrogen and oxygen atoms in total. The lowest BCUT2D eigenvalue weighted by atomic mass is 9.90. The van der Waals surface area contributed by atoms with Crippen molar-refractivity contribution < 1.29 is 4.79 Å². The van der Waals surface area contributed by atoms with Gasteiger partial charge in [0.2, 0.25) is 5.95 Å². The molecule has 0 fully saturated rings. The molecular weight excluding hydrogens is 464 g/mol. The molecule has 2 aromatic heterocycles. The Morgan fingerprint density at radius 3 is 2.59 bits per heavy atom. The van der Waals surface area contributed by atoms with Crippen molar-refractivity contribution >= 4 is 29.0 Å². The number of rotatable bonds is 6. The third kappa shape index (κ3) is 6.22. The van der Waals surface area contributed by atoms with Gasteiger partial charge >= 0.3 is 0 Å². The largest absolute Gasteiger partial charge is 0.350 e. The average molecular weight is 499 g/mol. The van der Waals surface area contributed by atoms with Gasteiger partial charge in [0.25, 0.3) is 5.91 Å². The Balaban J connectivity index is 1.66. The lowest BCUT2D eigenvalue weighted by Crippen LogP contribution is -2.31. The van der Waals surface area contributed by atoms with Crippen LogP contribution in [0.5, 0.6) is 0 Å². The maximum absolute atomic E-state index is 12.9. The highest BCUT2D eigenvalue weighted by molar-refractivity contribution is 5.99. The van der Waals surface area contributed by atoms with Crippen LogP contribution in [0.25, 0.3) is 0 Å². The predicted octanol–water partition coefficient (Wildman–Crippen LogP) is 4.85. The van der Waals surface area contributed by atoms with E-state index >= 15 is 0 Å². The zero-order valence-corrected chi connectivity index (χ0v) is 22.3. The molecule has 4 rings (SSSR count). The monoisotopic (exact) mass is 498 g/mol. The second kappa shape index (κ2) is 10.5. The second-order valence-corrected chi connectivity index (χ2v) is 10.8. The molecule has 0 saturated carbocycles.